The van der Waals surface area contributed by atoms with E-state index in [9.17, 15) is 9.59 Å². The molecule has 3 rings (SSSR count). The maximum absolute atomic E-state index is 12.5. The quantitative estimate of drug-likeness (QED) is 0.862. The number of ether oxygens (including phenoxy) is 1. The van der Waals surface area contributed by atoms with E-state index >= 15 is 0 Å². The summed E-state index contributed by atoms with van der Waals surface area (Å²) < 4.78 is 5.19. The van der Waals surface area contributed by atoms with Crippen LogP contribution in [0.1, 0.15) is 24.8 Å². The number of nitrogens with zero attached hydrogens (tertiary/aromatic N) is 1. The number of carbonyl (C=O) groups excluding carboxylic acids is 2. The van der Waals surface area contributed by atoms with Gasteiger partial charge in [0, 0.05) is 17.3 Å². The molecule has 2 amide bonds. The van der Waals surface area contributed by atoms with Gasteiger partial charge in [0.15, 0.2) is 0 Å². The Bertz CT molecular complexity index is 805. The van der Waals surface area contributed by atoms with Crippen molar-refractivity contribution in [1.82, 2.24) is 0 Å². The lowest BCUT2D eigenvalue weighted by Gasteiger charge is -2.25. The van der Waals surface area contributed by atoms with Gasteiger partial charge in [0.2, 0.25) is 11.8 Å². The molecule has 5 nitrogen and oxygen atoms in total. The second-order valence-corrected chi connectivity index (χ2v) is 7.46. The van der Waals surface area contributed by atoms with Crippen molar-refractivity contribution in [3.8, 4) is 5.75 Å². The van der Waals surface area contributed by atoms with Crippen LogP contribution in [0.5, 0.6) is 5.75 Å². The van der Waals surface area contributed by atoms with E-state index in [4.69, 9.17) is 4.74 Å². The molecule has 1 N–H and O–H groups in total. The summed E-state index contributed by atoms with van der Waals surface area (Å²) in [6.45, 7) is 3.71. The summed E-state index contributed by atoms with van der Waals surface area (Å²) in [5.74, 6) is 1.14. The molecule has 0 bridgehead atoms. The number of thioether (sulfide) groups is 1. The van der Waals surface area contributed by atoms with Crippen molar-refractivity contribution in [2.24, 2.45) is 5.92 Å². The predicted octanol–water partition coefficient (Wildman–Crippen LogP) is 4.07. The van der Waals surface area contributed by atoms with E-state index in [0.29, 0.717) is 5.75 Å². The molecule has 0 unspecified atom stereocenters. The molecule has 2 aromatic rings. The number of nitrogens with one attached hydrogen (secondary N) is 1. The topological polar surface area (TPSA) is 58.6 Å². The van der Waals surface area contributed by atoms with Crippen LogP contribution in [0, 0.1) is 5.92 Å². The van der Waals surface area contributed by atoms with Crippen LogP contribution < -0.4 is 15.0 Å². The minimum atomic E-state index is -0.119. The van der Waals surface area contributed by atoms with E-state index in [0.717, 1.165) is 22.7 Å². The zero-order valence-electron chi connectivity index (χ0n) is 15.1. The lowest BCUT2D eigenvalue weighted by Crippen LogP contribution is -2.27. The third-order valence-electron chi connectivity index (χ3n) is 4.18. The minimum Gasteiger partial charge on any atom is -0.497 e. The maximum Gasteiger partial charge on any atom is 0.238 e. The zero-order chi connectivity index (χ0) is 18.7. The Labute approximate surface area is 157 Å². The molecular weight excluding hydrogens is 348 g/mol. The van der Waals surface area contributed by atoms with Crippen molar-refractivity contribution >= 4 is 35.0 Å². The van der Waals surface area contributed by atoms with Gasteiger partial charge in [-0.15, -0.1) is 11.8 Å². The van der Waals surface area contributed by atoms with Crippen LogP contribution >= 0.6 is 11.8 Å². The van der Waals surface area contributed by atoms with Crippen LogP contribution in [0.2, 0.25) is 0 Å². The number of amides is 2. The van der Waals surface area contributed by atoms with Crippen LogP contribution in [0.4, 0.5) is 11.4 Å². The average Bonchev–Trinajstić information content (AvgIpc) is 3.03. The highest BCUT2D eigenvalue weighted by molar-refractivity contribution is 8.00. The molecule has 2 aromatic carbocycles. The molecule has 0 aromatic heterocycles. The Morgan fingerprint density at radius 1 is 1.23 bits per heavy atom. The minimum absolute atomic E-state index is 0.0238. The number of hydrogen-bond donors (Lipinski definition) is 1. The first-order valence-electron chi connectivity index (χ1n) is 8.48. The van der Waals surface area contributed by atoms with Gasteiger partial charge in [-0.3, -0.25) is 14.5 Å². The lowest BCUT2D eigenvalue weighted by molar-refractivity contribution is -0.119. The number of hydrogen-bond acceptors (Lipinski definition) is 4. The van der Waals surface area contributed by atoms with Crippen LogP contribution in [0.3, 0.4) is 0 Å². The smallest absolute Gasteiger partial charge is 0.238 e. The number of rotatable bonds is 5. The van der Waals surface area contributed by atoms with Gasteiger partial charge in [-0.25, -0.2) is 0 Å². The Hall–Kier alpha value is -2.47. The van der Waals surface area contributed by atoms with E-state index in [-0.39, 0.29) is 23.1 Å². The number of anilines is 2. The Kier molecular flexibility index (Phi) is 5.52. The van der Waals surface area contributed by atoms with Crippen molar-refractivity contribution < 1.29 is 14.3 Å². The molecule has 0 aliphatic carbocycles. The fourth-order valence-corrected chi connectivity index (χ4v) is 3.92. The first-order chi connectivity index (χ1) is 12.5. The SMILES string of the molecule is COc1ccc(N2C(=O)CS[C@@H]2c2cccc(NC(=O)C(C)C)c2)cc1. The standard InChI is InChI=1S/C20H22N2O3S/c1-13(2)19(24)21-15-6-4-5-14(11-15)20-22(18(23)12-26-20)16-7-9-17(25-3)10-8-16/h4-11,13,20H,12H2,1-3H3,(H,21,24)/t20-/m1/s1. The van der Waals surface area contributed by atoms with Gasteiger partial charge >= 0.3 is 0 Å². The van der Waals surface area contributed by atoms with E-state index in [1.54, 1.807) is 23.8 Å². The van der Waals surface area contributed by atoms with Gasteiger partial charge in [0.1, 0.15) is 11.1 Å². The van der Waals surface area contributed by atoms with Crippen molar-refractivity contribution in [3.63, 3.8) is 0 Å². The Morgan fingerprint density at radius 3 is 2.62 bits per heavy atom. The number of methoxy groups -OCH3 is 1. The summed E-state index contributed by atoms with van der Waals surface area (Å²) in [7, 11) is 1.62. The summed E-state index contributed by atoms with van der Waals surface area (Å²) in [5, 5.41) is 2.80. The molecule has 1 saturated heterocycles. The Morgan fingerprint density at radius 2 is 1.96 bits per heavy atom. The molecule has 1 aliphatic rings. The highest BCUT2D eigenvalue weighted by atomic mass is 32.2. The summed E-state index contributed by atoms with van der Waals surface area (Å²) in [6.07, 6.45) is 0. The third-order valence-corrected chi connectivity index (χ3v) is 5.39. The van der Waals surface area contributed by atoms with Crippen molar-refractivity contribution in [3.05, 3.63) is 54.1 Å². The Balaban J connectivity index is 1.87. The first-order valence-corrected chi connectivity index (χ1v) is 9.53. The van der Waals surface area contributed by atoms with Gasteiger partial charge in [-0.2, -0.15) is 0 Å². The summed E-state index contributed by atoms with van der Waals surface area (Å²) in [4.78, 5) is 26.2. The van der Waals surface area contributed by atoms with Gasteiger partial charge in [-0.1, -0.05) is 26.0 Å². The van der Waals surface area contributed by atoms with E-state index < -0.39 is 0 Å². The van der Waals surface area contributed by atoms with Gasteiger partial charge < -0.3 is 10.1 Å². The molecule has 6 heteroatoms. The lowest BCUT2D eigenvalue weighted by atomic mass is 10.1. The van der Waals surface area contributed by atoms with E-state index in [1.165, 1.54) is 0 Å². The van der Waals surface area contributed by atoms with E-state index in [1.807, 2.05) is 62.4 Å². The predicted molar refractivity (Wildman–Crippen MR) is 106 cm³/mol. The number of carbonyl (C=O) groups is 2. The molecule has 0 saturated carbocycles. The monoisotopic (exact) mass is 370 g/mol. The molecule has 1 aliphatic heterocycles. The van der Waals surface area contributed by atoms with E-state index in [2.05, 4.69) is 5.32 Å². The average molecular weight is 370 g/mol. The van der Waals surface area contributed by atoms with Crippen LogP contribution in [0.25, 0.3) is 0 Å². The number of benzene rings is 2. The largest absolute Gasteiger partial charge is 0.497 e. The highest BCUT2D eigenvalue weighted by Gasteiger charge is 2.34. The summed E-state index contributed by atoms with van der Waals surface area (Å²) in [6, 6.07) is 15.2. The van der Waals surface area contributed by atoms with Crippen molar-refractivity contribution in [2.45, 2.75) is 19.2 Å². The van der Waals surface area contributed by atoms with Gasteiger partial charge in [-0.05, 0) is 42.0 Å². The molecule has 1 atom stereocenters. The summed E-state index contributed by atoms with van der Waals surface area (Å²) in [5.41, 5.74) is 2.57. The fraction of sp³-hybridized carbons (Fsp3) is 0.300. The molecule has 136 valence electrons. The molecule has 26 heavy (non-hydrogen) atoms. The summed E-state index contributed by atoms with van der Waals surface area (Å²) >= 11 is 1.58. The molecule has 1 fully saturated rings. The second-order valence-electron chi connectivity index (χ2n) is 6.39. The van der Waals surface area contributed by atoms with Crippen molar-refractivity contribution in [2.75, 3.05) is 23.1 Å². The third kappa shape index (κ3) is 3.85. The highest BCUT2D eigenvalue weighted by Crippen LogP contribution is 2.42. The van der Waals surface area contributed by atoms with Crippen LogP contribution in [0.15, 0.2) is 48.5 Å². The van der Waals surface area contributed by atoms with Crippen molar-refractivity contribution in [1.29, 1.82) is 0 Å². The van der Waals surface area contributed by atoms with Crippen LogP contribution in [-0.2, 0) is 9.59 Å². The maximum atomic E-state index is 12.5. The molecule has 1 heterocycles. The fourth-order valence-electron chi connectivity index (χ4n) is 2.75. The molecular formula is C20H22N2O3S. The molecule has 0 radical (unpaired) electrons. The first kappa shape index (κ1) is 18.3. The second kappa shape index (κ2) is 7.83. The molecule has 0 spiro atoms. The zero-order valence-corrected chi connectivity index (χ0v) is 15.9. The van der Waals surface area contributed by atoms with Crippen LogP contribution in [-0.4, -0.2) is 24.7 Å². The normalized spacial score (nSPS) is 16.8. The van der Waals surface area contributed by atoms with Gasteiger partial charge in [0.25, 0.3) is 0 Å². The van der Waals surface area contributed by atoms with Gasteiger partial charge in [0.05, 0.1) is 12.9 Å².